The molecule has 10 heteroatoms. The van der Waals surface area contributed by atoms with Crippen LogP contribution in [0.1, 0.15) is 10.4 Å². The molecule has 0 aliphatic heterocycles. The number of halogens is 1. The molecular weight excluding hydrogens is 406 g/mol. The van der Waals surface area contributed by atoms with Gasteiger partial charge in [0.25, 0.3) is 11.6 Å². The number of non-ortho nitro benzene ring substituents is 1. The number of amides is 1. The molecule has 0 fully saturated rings. The second kappa shape index (κ2) is 8.24. The fourth-order valence-electron chi connectivity index (χ4n) is 2.43. The van der Waals surface area contributed by atoms with Gasteiger partial charge in [-0.15, -0.1) is 11.3 Å². The zero-order valence-corrected chi connectivity index (χ0v) is 16.3. The van der Waals surface area contributed by atoms with E-state index in [1.54, 1.807) is 31.7 Å². The normalized spacial score (nSPS) is 10.4. The summed E-state index contributed by atoms with van der Waals surface area (Å²) in [5, 5.41) is 15.6. The van der Waals surface area contributed by atoms with E-state index in [9.17, 15) is 14.9 Å². The van der Waals surface area contributed by atoms with Crippen molar-refractivity contribution in [3.63, 3.8) is 0 Å². The summed E-state index contributed by atoms with van der Waals surface area (Å²) < 4.78 is 10.5. The number of ether oxygens (including phenoxy) is 2. The maximum atomic E-state index is 12.4. The molecule has 28 heavy (non-hydrogen) atoms. The van der Waals surface area contributed by atoms with Gasteiger partial charge in [-0.25, -0.2) is 4.98 Å². The van der Waals surface area contributed by atoms with Crippen molar-refractivity contribution >= 4 is 39.7 Å². The Morgan fingerprint density at radius 3 is 2.57 bits per heavy atom. The van der Waals surface area contributed by atoms with Crippen molar-refractivity contribution in [1.29, 1.82) is 0 Å². The average molecular weight is 420 g/mol. The second-order valence-corrected chi connectivity index (χ2v) is 6.75. The van der Waals surface area contributed by atoms with Crippen LogP contribution in [0.4, 0.5) is 10.8 Å². The molecule has 0 saturated heterocycles. The van der Waals surface area contributed by atoms with Crippen LogP contribution in [-0.4, -0.2) is 30.0 Å². The summed E-state index contributed by atoms with van der Waals surface area (Å²) in [4.78, 5) is 27.0. The number of anilines is 1. The van der Waals surface area contributed by atoms with Gasteiger partial charge in [-0.1, -0.05) is 11.6 Å². The van der Waals surface area contributed by atoms with E-state index < -0.39 is 10.8 Å². The van der Waals surface area contributed by atoms with Gasteiger partial charge in [0.1, 0.15) is 0 Å². The van der Waals surface area contributed by atoms with Gasteiger partial charge >= 0.3 is 0 Å². The molecule has 0 atom stereocenters. The largest absolute Gasteiger partial charge is 0.493 e. The van der Waals surface area contributed by atoms with Crippen LogP contribution >= 0.6 is 22.9 Å². The first-order valence-electron chi connectivity index (χ1n) is 7.86. The maximum absolute atomic E-state index is 12.4. The van der Waals surface area contributed by atoms with E-state index in [-0.39, 0.29) is 16.3 Å². The Hall–Kier alpha value is -3.17. The number of hydrogen-bond acceptors (Lipinski definition) is 7. The minimum Gasteiger partial charge on any atom is -0.493 e. The molecule has 0 unspecified atom stereocenters. The van der Waals surface area contributed by atoms with Crippen molar-refractivity contribution in [1.82, 2.24) is 4.98 Å². The molecule has 0 aliphatic carbocycles. The molecule has 1 N–H and O–H groups in total. The molecule has 144 valence electrons. The Bertz CT molecular complexity index is 1050. The summed E-state index contributed by atoms with van der Waals surface area (Å²) in [5.41, 5.74) is 1.38. The van der Waals surface area contributed by atoms with Crippen molar-refractivity contribution in [3.05, 3.63) is 62.5 Å². The van der Waals surface area contributed by atoms with Gasteiger partial charge in [-0.05, 0) is 24.3 Å². The molecule has 1 aromatic heterocycles. The third-order valence-electron chi connectivity index (χ3n) is 3.81. The van der Waals surface area contributed by atoms with Crippen LogP contribution in [-0.2, 0) is 0 Å². The summed E-state index contributed by atoms with van der Waals surface area (Å²) in [6, 6.07) is 9.04. The van der Waals surface area contributed by atoms with Crippen LogP contribution in [0.2, 0.25) is 5.02 Å². The van der Waals surface area contributed by atoms with Crippen LogP contribution in [0.25, 0.3) is 11.3 Å². The van der Waals surface area contributed by atoms with E-state index in [1.807, 2.05) is 6.07 Å². The van der Waals surface area contributed by atoms with Gasteiger partial charge in [0.2, 0.25) is 0 Å². The first-order valence-corrected chi connectivity index (χ1v) is 9.12. The molecule has 8 nitrogen and oxygen atoms in total. The van der Waals surface area contributed by atoms with Gasteiger partial charge in [-0.2, -0.15) is 0 Å². The summed E-state index contributed by atoms with van der Waals surface area (Å²) in [5.74, 6) is 0.659. The zero-order valence-electron chi connectivity index (χ0n) is 14.8. The van der Waals surface area contributed by atoms with Crippen LogP contribution in [0.3, 0.4) is 0 Å². The van der Waals surface area contributed by atoms with E-state index in [0.29, 0.717) is 22.3 Å². The molecule has 1 heterocycles. The highest BCUT2D eigenvalue weighted by Gasteiger charge is 2.17. The van der Waals surface area contributed by atoms with Crippen molar-refractivity contribution < 1.29 is 19.2 Å². The number of thiazole rings is 1. The van der Waals surface area contributed by atoms with Crippen molar-refractivity contribution in [3.8, 4) is 22.8 Å². The molecule has 0 saturated carbocycles. The van der Waals surface area contributed by atoms with Crippen molar-refractivity contribution in [2.24, 2.45) is 0 Å². The topological polar surface area (TPSA) is 104 Å². The van der Waals surface area contributed by atoms with Crippen LogP contribution in [0.5, 0.6) is 11.5 Å². The summed E-state index contributed by atoms with van der Waals surface area (Å²) in [6.07, 6.45) is 0. The van der Waals surface area contributed by atoms with Gasteiger partial charge in [0.05, 0.1) is 35.4 Å². The fraction of sp³-hybridized carbons (Fsp3) is 0.111. The Labute approximate surface area is 168 Å². The van der Waals surface area contributed by atoms with Crippen LogP contribution < -0.4 is 14.8 Å². The maximum Gasteiger partial charge on any atom is 0.270 e. The monoisotopic (exact) mass is 419 g/mol. The quantitative estimate of drug-likeness (QED) is 0.461. The fourth-order valence-corrected chi connectivity index (χ4v) is 3.40. The molecule has 3 aromatic rings. The molecule has 1 amide bonds. The lowest BCUT2D eigenvalue weighted by molar-refractivity contribution is -0.384. The number of nitro benzene ring substituents is 1. The third kappa shape index (κ3) is 4.05. The predicted octanol–water partition coefficient (Wildman–Crippen LogP) is 4.64. The summed E-state index contributed by atoms with van der Waals surface area (Å²) >= 11 is 7.23. The highest BCUT2D eigenvalue weighted by molar-refractivity contribution is 7.14. The van der Waals surface area contributed by atoms with E-state index in [2.05, 4.69) is 10.3 Å². The molecule has 0 radical (unpaired) electrons. The van der Waals surface area contributed by atoms with Crippen molar-refractivity contribution in [2.45, 2.75) is 0 Å². The minimum absolute atomic E-state index is 0.0108. The van der Waals surface area contributed by atoms with Gasteiger partial charge in [-0.3, -0.25) is 20.2 Å². The Kier molecular flexibility index (Phi) is 5.76. The number of nitrogens with zero attached hydrogens (tertiary/aromatic N) is 2. The highest BCUT2D eigenvalue weighted by atomic mass is 35.5. The van der Waals surface area contributed by atoms with E-state index in [1.165, 1.54) is 23.5 Å². The van der Waals surface area contributed by atoms with E-state index >= 15 is 0 Å². The van der Waals surface area contributed by atoms with E-state index in [4.69, 9.17) is 21.1 Å². The lowest BCUT2D eigenvalue weighted by Gasteiger charge is -2.08. The number of aromatic nitrogens is 1. The molecular formula is C18H14ClN3O5S. The first-order chi connectivity index (χ1) is 13.4. The standard InChI is InChI=1S/C18H14ClN3O5S/c1-26-15-6-3-10(7-16(15)27-2)14-9-28-18(20-14)21-17(23)12-5-4-11(22(24)25)8-13(12)19/h3-9H,1-2H3,(H,20,21,23). The minimum atomic E-state index is -0.580. The zero-order chi connectivity index (χ0) is 20.3. The second-order valence-electron chi connectivity index (χ2n) is 5.48. The first kappa shape index (κ1) is 19.6. The average Bonchev–Trinajstić information content (AvgIpc) is 3.15. The molecule has 0 aliphatic rings. The number of benzene rings is 2. The number of carbonyl (C=O) groups is 1. The molecule has 0 bridgehead atoms. The SMILES string of the molecule is COc1ccc(-c2csc(NC(=O)c3ccc([N+](=O)[O-])cc3Cl)n2)cc1OC. The number of nitrogens with one attached hydrogen (secondary N) is 1. The van der Waals surface area contributed by atoms with Crippen LogP contribution in [0, 0.1) is 10.1 Å². The number of rotatable bonds is 6. The smallest absolute Gasteiger partial charge is 0.270 e. The Morgan fingerprint density at radius 2 is 1.93 bits per heavy atom. The lowest BCUT2D eigenvalue weighted by Crippen LogP contribution is -2.12. The Balaban J connectivity index is 1.79. The summed E-state index contributed by atoms with van der Waals surface area (Å²) in [7, 11) is 3.10. The van der Waals surface area contributed by atoms with Crippen molar-refractivity contribution in [2.75, 3.05) is 19.5 Å². The molecule has 0 spiro atoms. The van der Waals surface area contributed by atoms with E-state index in [0.717, 1.165) is 11.6 Å². The lowest BCUT2D eigenvalue weighted by atomic mass is 10.1. The molecule has 2 aromatic carbocycles. The number of carbonyl (C=O) groups excluding carboxylic acids is 1. The van der Waals surface area contributed by atoms with Gasteiger partial charge in [0.15, 0.2) is 16.6 Å². The molecule has 3 rings (SSSR count). The highest BCUT2D eigenvalue weighted by Crippen LogP contribution is 2.33. The van der Waals surface area contributed by atoms with Gasteiger partial charge < -0.3 is 9.47 Å². The summed E-state index contributed by atoms with van der Waals surface area (Å²) in [6.45, 7) is 0. The van der Waals surface area contributed by atoms with Gasteiger partial charge in [0, 0.05) is 23.1 Å². The third-order valence-corrected chi connectivity index (χ3v) is 4.88. The number of hydrogen-bond donors (Lipinski definition) is 1. The van der Waals surface area contributed by atoms with Crippen LogP contribution in [0.15, 0.2) is 41.8 Å². The predicted molar refractivity (Wildman–Crippen MR) is 107 cm³/mol. The number of nitro groups is 1. The number of methoxy groups -OCH3 is 2. The Morgan fingerprint density at radius 1 is 1.18 bits per heavy atom.